The Kier molecular flexibility index (Phi) is 6.17. The van der Waals surface area contributed by atoms with Crippen molar-refractivity contribution in [2.45, 2.75) is 19.4 Å². The van der Waals surface area contributed by atoms with Crippen molar-refractivity contribution in [1.82, 2.24) is 0 Å². The maximum atomic E-state index is 12.8. The van der Waals surface area contributed by atoms with Gasteiger partial charge in [-0.25, -0.2) is 4.39 Å². The van der Waals surface area contributed by atoms with E-state index in [0.717, 1.165) is 0 Å². The van der Waals surface area contributed by atoms with Crippen molar-refractivity contribution < 1.29 is 18.7 Å². The number of hydrogen-bond acceptors (Lipinski definition) is 3. The number of nitrogens with one attached hydrogen (secondary N) is 1. The molecule has 0 saturated carbocycles. The van der Waals surface area contributed by atoms with E-state index in [0.29, 0.717) is 21.3 Å². The van der Waals surface area contributed by atoms with Gasteiger partial charge in [0.25, 0.3) is 5.91 Å². The van der Waals surface area contributed by atoms with Crippen LogP contribution in [-0.2, 0) is 20.7 Å². The smallest absolute Gasteiger partial charge is 0.311 e. The Balaban J connectivity index is 1.92. The maximum absolute atomic E-state index is 12.8. The lowest BCUT2D eigenvalue weighted by Crippen LogP contribution is -2.30. The van der Waals surface area contributed by atoms with Crippen molar-refractivity contribution in [1.29, 1.82) is 0 Å². The zero-order valence-electron chi connectivity index (χ0n) is 12.7. The number of carbonyl (C=O) groups is 2. The van der Waals surface area contributed by atoms with Gasteiger partial charge in [0.15, 0.2) is 6.10 Å². The highest BCUT2D eigenvalue weighted by Gasteiger charge is 2.19. The van der Waals surface area contributed by atoms with E-state index >= 15 is 0 Å². The summed E-state index contributed by atoms with van der Waals surface area (Å²) < 4.78 is 17.9. The van der Waals surface area contributed by atoms with Crippen LogP contribution in [0.25, 0.3) is 0 Å². The molecule has 0 fully saturated rings. The number of ether oxygens (including phenoxy) is 1. The van der Waals surface area contributed by atoms with Gasteiger partial charge in [0, 0.05) is 5.02 Å². The lowest BCUT2D eigenvalue weighted by Gasteiger charge is -2.14. The summed E-state index contributed by atoms with van der Waals surface area (Å²) in [6.45, 7) is 1.44. The van der Waals surface area contributed by atoms with E-state index in [1.165, 1.54) is 37.3 Å². The van der Waals surface area contributed by atoms with Crippen LogP contribution in [0, 0.1) is 5.82 Å². The standard InChI is InChI=1S/C17H14Cl2FNO3/c1-10(17(23)21-15-9-12(18)4-7-14(15)19)24-16(22)8-11-2-5-13(20)6-3-11/h2-7,9-10H,8H2,1H3,(H,21,23)/t10-/m1/s1. The molecule has 2 aromatic carbocycles. The number of rotatable bonds is 5. The van der Waals surface area contributed by atoms with Gasteiger partial charge in [0.2, 0.25) is 0 Å². The molecule has 7 heteroatoms. The van der Waals surface area contributed by atoms with Crippen LogP contribution in [0.1, 0.15) is 12.5 Å². The quantitative estimate of drug-likeness (QED) is 0.801. The van der Waals surface area contributed by atoms with E-state index < -0.39 is 23.8 Å². The molecule has 126 valence electrons. The molecule has 2 rings (SSSR count). The third-order valence-electron chi connectivity index (χ3n) is 3.13. The second-order valence-electron chi connectivity index (χ2n) is 5.05. The van der Waals surface area contributed by atoms with Gasteiger partial charge in [-0.3, -0.25) is 9.59 Å². The summed E-state index contributed by atoms with van der Waals surface area (Å²) in [6.07, 6.45) is -1.08. The van der Waals surface area contributed by atoms with Crippen molar-refractivity contribution >= 4 is 40.8 Å². The van der Waals surface area contributed by atoms with E-state index in [9.17, 15) is 14.0 Å². The van der Waals surface area contributed by atoms with Crippen molar-refractivity contribution in [2.24, 2.45) is 0 Å². The van der Waals surface area contributed by atoms with Crippen LogP contribution in [0.5, 0.6) is 0 Å². The van der Waals surface area contributed by atoms with Crippen molar-refractivity contribution in [3.8, 4) is 0 Å². The molecular formula is C17H14Cl2FNO3. The summed E-state index contributed by atoms with van der Waals surface area (Å²) in [5.41, 5.74) is 0.919. The molecule has 0 bridgehead atoms. The number of halogens is 3. The van der Waals surface area contributed by atoms with Crippen molar-refractivity contribution in [3.05, 3.63) is 63.9 Å². The summed E-state index contributed by atoms with van der Waals surface area (Å²) >= 11 is 11.8. The predicted octanol–water partition coefficient (Wildman–Crippen LogP) is 4.25. The second-order valence-corrected chi connectivity index (χ2v) is 5.89. The highest BCUT2D eigenvalue weighted by molar-refractivity contribution is 6.35. The molecule has 1 atom stereocenters. The lowest BCUT2D eigenvalue weighted by molar-refractivity contribution is -0.152. The minimum Gasteiger partial charge on any atom is -0.452 e. The minimum absolute atomic E-state index is 0.0597. The summed E-state index contributed by atoms with van der Waals surface area (Å²) in [7, 11) is 0. The van der Waals surface area contributed by atoms with E-state index in [1.54, 1.807) is 12.1 Å². The molecule has 1 amide bonds. The number of anilines is 1. The molecule has 1 N–H and O–H groups in total. The Morgan fingerprint density at radius 2 is 1.83 bits per heavy atom. The number of amides is 1. The van der Waals surface area contributed by atoms with Crippen LogP contribution in [0.15, 0.2) is 42.5 Å². The largest absolute Gasteiger partial charge is 0.452 e. The zero-order valence-corrected chi connectivity index (χ0v) is 14.2. The predicted molar refractivity (Wildman–Crippen MR) is 90.7 cm³/mol. The van der Waals surface area contributed by atoms with Gasteiger partial charge in [-0.1, -0.05) is 35.3 Å². The Morgan fingerprint density at radius 3 is 2.50 bits per heavy atom. The molecule has 0 aliphatic heterocycles. The van der Waals surface area contributed by atoms with E-state index in [-0.39, 0.29) is 6.42 Å². The normalized spacial score (nSPS) is 11.7. The molecule has 4 nitrogen and oxygen atoms in total. The molecule has 0 saturated heterocycles. The Morgan fingerprint density at radius 1 is 1.17 bits per heavy atom. The third kappa shape index (κ3) is 5.22. The van der Waals surface area contributed by atoms with Gasteiger partial charge in [-0.15, -0.1) is 0 Å². The van der Waals surface area contributed by atoms with Crippen molar-refractivity contribution in [2.75, 3.05) is 5.32 Å². The number of benzene rings is 2. The van der Waals surface area contributed by atoms with E-state index in [4.69, 9.17) is 27.9 Å². The first-order valence-electron chi connectivity index (χ1n) is 7.05. The second kappa shape index (κ2) is 8.13. The third-order valence-corrected chi connectivity index (χ3v) is 3.69. The topological polar surface area (TPSA) is 55.4 Å². The summed E-state index contributed by atoms with van der Waals surface area (Å²) in [6, 6.07) is 10.1. The SMILES string of the molecule is C[C@@H](OC(=O)Cc1ccc(F)cc1)C(=O)Nc1cc(Cl)ccc1Cl. The van der Waals surface area contributed by atoms with Crippen LogP contribution in [0.4, 0.5) is 10.1 Å². The molecule has 0 heterocycles. The maximum Gasteiger partial charge on any atom is 0.311 e. The first-order valence-corrected chi connectivity index (χ1v) is 7.80. The molecule has 0 aliphatic carbocycles. The highest BCUT2D eigenvalue weighted by Crippen LogP contribution is 2.25. The van der Waals surface area contributed by atoms with Crippen LogP contribution >= 0.6 is 23.2 Å². The van der Waals surface area contributed by atoms with Crippen LogP contribution in [-0.4, -0.2) is 18.0 Å². The Labute approximate surface area is 148 Å². The highest BCUT2D eigenvalue weighted by atomic mass is 35.5. The molecular weight excluding hydrogens is 356 g/mol. The van der Waals surface area contributed by atoms with E-state index in [1.807, 2.05) is 0 Å². The van der Waals surface area contributed by atoms with Gasteiger partial charge in [-0.05, 0) is 42.8 Å². The number of esters is 1. The first-order chi connectivity index (χ1) is 11.3. The first kappa shape index (κ1) is 18.2. The monoisotopic (exact) mass is 369 g/mol. The fraction of sp³-hybridized carbons (Fsp3) is 0.176. The molecule has 0 radical (unpaired) electrons. The van der Waals surface area contributed by atoms with E-state index in [2.05, 4.69) is 5.32 Å². The molecule has 0 spiro atoms. The zero-order chi connectivity index (χ0) is 17.7. The lowest BCUT2D eigenvalue weighted by atomic mass is 10.1. The summed E-state index contributed by atoms with van der Waals surface area (Å²) in [4.78, 5) is 23.9. The van der Waals surface area contributed by atoms with Gasteiger partial charge >= 0.3 is 5.97 Å². The molecule has 2 aromatic rings. The Bertz CT molecular complexity index is 750. The fourth-order valence-corrected chi connectivity index (χ4v) is 2.23. The van der Waals surface area contributed by atoms with Crippen molar-refractivity contribution in [3.63, 3.8) is 0 Å². The Hall–Kier alpha value is -2.11. The van der Waals surface area contributed by atoms with Crippen LogP contribution < -0.4 is 5.32 Å². The summed E-state index contributed by atoms with van der Waals surface area (Å²) in [5.74, 6) is -1.52. The molecule has 0 aliphatic rings. The average molecular weight is 370 g/mol. The summed E-state index contributed by atoms with van der Waals surface area (Å²) in [5, 5.41) is 3.28. The van der Waals surface area contributed by atoms with Gasteiger partial charge in [0.1, 0.15) is 5.82 Å². The van der Waals surface area contributed by atoms with Crippen LogP contribution in [0.3, 0.4) is 0 Å². The molecule has 0 aromatic heterocycles. The fourth-order valence-electron chi connectivity index (χ4n) is 1.89. The average Bonchev–Trinajstić information content (AvgIpc) is 2.53. The number of hydrogen-bond donors (Lipinski definition) is 1. The van der Waals surface area contributed by atoms with Gasteiger partial charge in [0.05, 0.1) is 17.1 Å². The number of carbonyl (C=O) groups excluding carboxylic acids is 2. The van der Waals surface area contributed by atoms with Gasteiger partial charge in [-0.2, -0.15) is 0 Å². The molecule has 0 unspecified atom stereocenters. The van der Waals surface area contributed by atoms with Gasteiger partial charge < -0.3 is 10.1 Å². The minimum atomic E-state index is -1.02. The molecule has 24 heavy (non-hydrogen) atoms. The van der Waals surface area contributed by atoms with Crippen LogP contribution in [0.2, 0.25) is 10.0 Å².